The van der Waals surface area contributed by atoms with Gasteiger partial charge in [0.2, 0.25) is 0 Å². The Morgan fingerprint density at radius 3 is 2.97 bits per heavy atom. The minimum absolute atomic E-state index is 0.506. The first-order valence-electron chi connectivity index (χ1n) is 11.5. The van der Waals surface area contributed by atoms with Crippen molar-refractivity contribution in [3.63, 3.8) is 0 Å². The number of ether oxygens (including phenoxy) is 1. The zero-order valence-corrected chi connectivity index (χ0v) is 18.9. The zero-order chi connectivity index (χ0) is 22.6. The maximum absolute atomic E-state index is 11.7. The van der Waals surface area contributed by atoms with E-state index in [2.05, 4.69) is 32.7 Å². The Hall–Kier alpha value is -2.71. The van der Waals surface area contributed by atoms with Crippen molar-refractivity contribution < 1.29 is 14.6 Å². The molecule has 0 aliphatic carbocycles. The van der Waals surface area contributed by atoms with Gasteiger partial charge in [-0.25, -0.2) is 9.78 Å². The third-order valence-electron chi connectivity index (χ3n) is 5.76. The molecule has 0 saturated heterocycles. The van der Waals surface area contributed by atoms with Crippen LogP contribution in [0.25, 0.3) is 0 Å². The lowest BCUT2D eigenvalue weighted by atomic mass is 10.1. The number of aryl methyl sites for hydroxylation is 2. The Bertz CT molecular complexity index is 834. The van der Waals surface area contributed by atoms with Gasteiger partial charge in [-0.15, -0.1) is 0 Å². The zero-order valence-electron chi connectivity index (χ0n) is 18.9. The SMILES string of the molecule is COCCN(CCCCc1ccc2c(n1)NCCC2)CC[C@H](Nc1cccnc1)C(=O)O. The average molecular weight is 442 g/mol. The summed E-state index contributed by atoms with van der Waals surface area (Å²) in [6.07, 6.45) is 9.13. The lowest BCUT2D eigenvalue weighted by molar-refractivity contribution is -0.138. The molecule has 0 fully saturated rings. The fourth-order valence-electron chi connectivity index (χ4n) is 3.92. The van der Waals surface area contributed by atoms with Gasteiger partial charge in [-0.05, 0) is 68.8 Å². The highest BCUT2D eigenvalue weighted by Gasteiger charge is 2.19. The van der Waals surface area contributed by atoms with Crippen LogP contribution in [0.15, 0.2) is 36.7 Å². The number of carboxylic acids is 1. The Morgan fingerprint density at radius 2 is 2.19 bits per heavy atom. The first-order valence-corrected chi connectivity index (χ1v) is 11.5. The van der Waals surface area contributed by atoms with Crippen LogP contribution in [0.1, 0.15) is 36.9 Å². The minimum Gasteiger partial charge on any atom is -0.480 e. The number of aromatic nitrogens is 2. The summed E-state index contributed by atoms with van der Waals surface area (Å²) < 4.78 is 5.25. The van der Waals surface area contributed by atoms with Crippen LogP contribution in [0.5, 0.6) is 0 Å². The fraction of sp³-hybridized carbons (Fsp3) is 0.542. The second-order valence-electron chi connectivity index (χ2n) is 8.20. The highest BCUT2D eigenvalue weighted by Crippen LogP contribution is 2.20. The number of hydrogen-bond donors (Lipinski definition) is 3. The third kappa shape index (κ3) is 7.76. The highest BCUT2D eigenvalue weighted by atomic mass is 16.5. The molecule has 3 N–H and O–H groups in total. The molecule has 1 atom stereocenters. The second-order valence-corrected chi connectivity index (χ2v) is 8.20. The summed E-state index contributed by atoms with van der Waals surface area (Å²) in [5.74, 6) is 0.198. The summed E-state index contributed by atoms with van der Waals surface area (Å²) in [5, 5.41) is 16.1. The molecule has 0 amide bonds. The lowest BCUT2D eigenvalue weighted by Gasteiger charge is -2.24. The van der Waals surface area contributed by atoms with Crippen LogP contribution in [0.4, 0.5) is 11.5 Å². The predicted molar refractivity (Wildman–Crippen MR) is 126 cm³/mol. The van der Waals surface area contributed by atoms with E-state index in [1.54, 1.807) is 25.6 Å². The number of carboxylic acid groups (broad SMARTS) is 1. The number of unbranched alkanes of at least 4 members (excludes halogenated alkanes) is 1. The fourth-order valence-corrected chi connectivity index (χ4v) is 3.92. The summed E-state index contributed by atoms with van der Waals surface area (Å²) in [4.78, 5) is 22.8. The van der Waals surface area contributed by atoms with E-state index in [1.807, 2.05) is 6.07 Å². The van der Waals surface area contributed by atoms with Gasteiger partial charge in [0.1, 0.15) is 11.9 Å². The molecule has 8 heteroatoms. The summed E-state index contributed by atoms with van der Waals surface area (Å²) >= 11 is 0. The van der Waals surface area contributed by atoms with Gasteiger partial charge in [-0.1, -0.05) is 6.07 Å². The van der Waals surface area contributed by atoms with Gasteiger partial charge >= 0.3 is 5.97 Å². The Morgan fingerprint density at radius 1 is 1.28 bits per heavy atom. The third-order valence-corrected chi connectivity index (χ3v) is 5.76. The van der Waals surface area contributed by atoms with E-state index >= 15 is 0 Å². The van der Waals surface area contributed by atoms with Crippen molar-refractivity contribution >= 4 is 17.5 Å². The van der Waals surface area contributed by atoms with Gasteiger partial charge in [0, 0.05) is 44.8 Å². The molecular formula is C24H35N5O3. The minimum atomic E-state index is -0.854. The molecule has 174 valence electrons. The standard InChI is InChI=1S/C24H35N5O3/c1-32-17-16-29(15-11-22(24(30)31)27-21-8-5-12-25-18-21)14-3-2-7-20-10-9-19-6-4-13-26-23(19)28-20/h5,8-10,12,18,22,27H,2-4,6-7,11,13-17H2,1H3,(H,26,28)(H,30,31)/t22-/m0/s1. The van der Waals surface area contributed by atoms with E-state index in [9.17, 15) is 9.90 Å². The molecule has 1 aliphatic heterocycles. The molecule has 3 heterocycles. The quantitative estimate of drug-likeness (QED) is 0.385. The van der Waals surface area contributed by atoms with E-state index in [4.69, 9.17) is 9.72 Å². The molecule has 2 aromatic rings. The molecule has 0 radical (unpaired) electrons. The topological polar surface area (TPSA) is 99.6 Å². The molecule has 1 aliphatic rings. The van der Waals surface area contributed by atoms with Gasteiger partial charge in [0.25, 0.3) is 0 Å². The smallest absolute Gasteiger partial charge is 0.326 e. The van der Waals surface area contributed by atoms with Gasteiger partial charge in [0.05, 0.1) is 12.3 Å². The summed E-state index contributed by atoms with van der Waals surface area (Å²) in [5.41, 5.74) is 3.17. The maximum atomic E-state index is 11.7. The molecule has 0 unspecified atom stereocenters. The number of rotatable bonds is 14. The summed E-state index contributed by atoms with van der Waals surface area (Å²) in [7, 11) is 1.69. The van der Waals surface area contributed by atoms with Gasteiger partial charge in [-0.3, -0.25) is 4.98 Å². The maximum Gasteiger partial charge on any atom is 0.326 e. The second kappa shape index (κ2) is 13.0. The summed E-state index contributed by atoms with van der Waals surface area (Å²) in [6, 6.07) is 7.32. The number of aliphatic carboxylic acids is 1. The monoisotopic (exact) mass is 441 g/mol. The van der Waals surface area contributed by atoms with Crippen LogP contribution >= 0.6 is 0 Å². The molecule has 0 spiro atoms. The molecule has 0 saturated carbocycles. The number of pyridine rings is 2. The van der Waals surface area contributed by atoms with Crippen LogP contribution < -0.4 is 10.6 Å². The highest BCUT2D eigenvalue weighted by molar-refractivity contribution is 5.77. The van der Waals surface area contributed by atoms with Crippen LogP contribution in [0.2, 0.25) is 0 Å². The largest absolute Gasteiger partial charge is 0.480 e. The van der Waals surface area contributed by atoms with Crippen molar-refractivity contribution in [3.8, 4) is 0 Å². The molecule has 2 aromatic heterocycles. The van der Waals surface area contributed by atoms with Crippen LogP contribution in [-0.2, 0) is 22.4 Å². The van der Waals surface area contributed by atoms with Gasteiger partial charge in [-0.2, -0.15) is 0 Å². The number of anilines is 2. The number of hydrogen-bond acceptors (Lipinski definition) is 7. The molecule has 0 bridgehead atoms. The first kappa shape index (κ1) is 23.9. The molecule has 32 heavy (non-hydrogen) atoms. The van der Waals surface area contributed by atoms with Crippen molar-refractivity contribution in [2.75, 3.05) is 50.5 Å². The summed E-state index contributed by atoms with van der Waals surface area (Å²) in [6.45, 7) is 4.02. The Balaban J connectivity index is 1.45. The predicted octanol–water partition coefficient (Wildman–Crippen LogP) is 3.06. The normalized spacial score (nSPS) is 13.9. The van der Waals surface area contributed by atoms with Crippen molar-refractivity contribution in [1.29, 1.82) is 0 Å². The first-order chi connectivity index (χ1) is 15.7. The lowest BCUT2D eigenvalue weighted by Crippen LogP contribution is -2.36. The number of nitrogens with one attached hydrogen (secondary N) is 2. The van der Waals surface area contributed by atoms with E-state index in [0.29, 0.717) is 19.6 Å². The van der Waals surface area contributed by atoms with Crippen LogP contribution in [0, 0.1) is 0 Å². The van der Waals surface area contributed by atoms with Crippen LogP contribution in [0.3, 0.4) is 0 Å². The van der Waals surface area contributed by atoms with E-state index in [0.717, 1.165) is 62.5 Å². The van der Waals surface area contributed by atoms with Crippen molar-refractivity contribution in [1.82, 2.24) is 14.9 Å². The number of methoxy groups -OCH3 is 1. The van der Waals surface area contributed by atoms with Gasteiger partial charge in [0.15, 0.2) is 0 Å². The van der Waals surface area contributed by atoms with Gasteiger partial charge < -0.3 is 25.4 Å². The number of nitrogens with zero attached hydrogens (tertiary/aromatic N) is 3. The molecular weight excluding hydrogens is 406 g/mol. The number of carbonyl (C=O) groups is 1. The van der Waals surface area contributed by atoms with Crippen molar-refractivity contribution in [3.05, 3.63) is 47.9 Å². The van der Waals surface area contributed by atoms with Crippen molar-refractivity contribution in [2.45, 2.75) is 44.6 Å². The molecule has 8 nitrogen and oxygen atoms in total. The van der Waals surface area contributed by atoms with E-state index in [-0.39, 0.29) is 0 Å². The van der Waals surface area contributed by atoms with E-state index < -0.39 is 12.0 Å². The average Bonchev–Trinajstić information content (AvgIpc) is 2.82. The Labute approximate surface area is 190 Å². The van der Waals surface area contributed by atoms with Crippen LogP contribution in [-0.4, -0.2) is 71.9 Å². The Kier molecular flexibility index (Phi) is 9.71. The molecule has 0 aromatic carbocycles. The molecule has 3 rings (SSSR count). The van der Waals surface area contributed by atoms with Crippen molar-refractivity contribution in [2.24, 2.45) is 0 Å². The number of fused-ring (bicyclic) bond motifs is 1. The van der Waals surface area contributed by atoms with E-state index in [1.165, 1.54) is 12.0 Å².